The van der Waals surface area contributed by atoms with Crippen molar-refractivity contribution in [3.8, 4) is 17.0 Å². The number of aliphatic hydroxyl groups is 1. The number of nitrogens with zero attached hydrogens (tertiary/aromatic N) is 2. The molecule has 0 spiro atoms. The van der Waals surface area contributed by atoms with Crippen LogP contribution in [0.15, 0.2) is 90.8 Å². The molecule has 6 heteroatoms. The zero-order valence-electron chi connectivity index (χ0n) is 25.7. The van der Waals surface area contributed by atoms with E-state index < -0.39 is 0 Å². The standard InChI is InChI=1S/C25H15N2O.C13H24O2.Ir/c1-2-13-21-15(7-1)16-8-5-10-18-22(16)27(21)23-19-11-6-9-17(24(19)28-25(18)23)20-12-3-4-14-26-20;1-5-10(6-2)12(14)9-13(15)11(7-3)8-4;/h1-8,10-14,23,25H;9-11,14H,5-8H2,1-4H3;/q-1;;/b;12-9-;. The molecule has 0 saturated heterocycles. The molecule has 44 heavy (non-hydrogen) atoms. The van der Waals surface area contributed by atoms with E-state index >= 15 is 0 Å². The first-order chi connectivity index (χ1) is 21.0. The summed E-state index contributed by atoms with van der Waals surface area (Å²) >= 11 is 0. The van der Waals surface area contributed by atoms with Crippen molar-refractivity contribution in [3.63, 3.8) is 0 Å². The van der Waals surface area contributed by atoms with Gasteiger partial charge in [-0.15, -0.1) is 18.2 Å². The molecule has 2 aliphatic rings. The second-order valence-corrected chi connectivity index (χ2v) is 11.5. The van der Waals surface area contributed by atoms with E-state index in [9.17, 15) is 9.90 Å². The number of hydrogen-bond donors (Lipinski definition) is 1. The average molecular weight is 764 g/mol. The zero-order valence-corrected chi connectivity index (χ0v) is 28.1. The van der Waals surface area contributed by atoms with Crippen LogP contribution in [-0.4, -0.2) is 20.4 Å². The van der Waals surface area contributed by atoms with Gasteiger partial charge in [0.15, 0.2) is 5.78 Å². The fourth-order valence-corrected chi connectivity index (χ4v) is 6.80. The van der Waals surface area contributed by atoms with E-state index in [-0.39, 0.29) is 55.6 Å². The molecule has 0 bridgehead atoms. The van der Waals surface area contributed by atoms with E-state index in [4.69, 9.17) is 4.74 Å². The van der Waals surface area contributed by atoms with Gasteiger partial charge in [-0.3, -0.25) is 4.79 Å². The van der Waals surface area contributed by atoms with E-state index in [2.05, 4.69) is 64.1 Å². The molecule has 7 rings (SSSR count). The van der Waals surface area contributed by atoms with Crippen molar-refractivity contribution in [2.24, 2.45) is 11.8 Å². The van der Waals surface area contributed by atoms with E-state index in [1.54, 1.807) is 0 Å². The number of ether oxygens (including phenoxy) is 1. The molecule has 5 aromatic rings. The maximum atomic E-state index is 11.7. The van der Waals surface area contributed by atoms with Gasteiger partial charge in [-0.2, -0.15) is 0 Å². The number of allylic oxidation sites excluding steroid dienone is 2. The monoisotopic (exact) mass is 764 g/mol. The summed E-state index contributed by atoms with van der Waals surface area (Å²) in [6, 6.07) is 28.8. The van der Waals surface area contributed by atoms with Crippen LogP contribution in [0.2, 0.25) is 0 Å². The Kier molecular flexibility index (Phi) is 9.72. The van der Waals surface area contributed by atoms with Gasteiger partial charge in [-0.1, -0.05) is 87.4 Å². The van der Waals surface area contributed by atoms with Gasteiger partial charge in [0.25, 0.3) is 0 Å². The zero-order chi connectivity index (χ0) is 30.1. The third-order valence-corrected chi connectivity index (χ3v) is 9.18. The molecular formula is C38H39IrN2O3-. The molecular weight excluding hydrogens is 725 g/mol. The summed E-state index contributed by atoms with van der Waals surface area (Å²) in [5.74, 6) is 1.46. The molecule has 2 unspecified atom stereocenters. The molecule has 229 valence electrons. The quantitative estimate of drug-likeness (QED) is 0.0972. The van der Waals surface area contributed by atoms with Gasteiger partial charge in [0.2, 0.25) is 0 Å². The normalized spacial score (nSPS) is 16.4. The van der Waals surface area contributed by atoms with Crippen molar-refractivity contribution in [2.75, 3.05) is 0 Å². The number of aliphatic hydroxyl groups excluding tert-OH is 1. The van der Waals surface area contributed by atoms with Gasteiger partial charge in [0.1, 0.15) is 6.10 Å². The van der Waals surface area contributed by atoms with Crippen molar-refractivity contribution < 1.29 is 34.7 Å². The molecule has 0 fully saturated rings. The molecule has 0 amide bonds. The summed E-state index contributed by atoms with van der Waals surface area (Å²) in [6.45, 7) is 8.07. The second-order valence-electron chi connectivity index (χ2n) is 11.5. The summed E-state index contributed by atoms with van der Waals surface area (Å²) in [7, 11) is 0. The maximum Gasteiger partial charge on any atom is 0.162 e. The number of fused-ring (bicyclic) bond motifs is 8. The van der Waals surface area contributed by atoms with E-state index in [1.807, 2.05) is 58.2 Å². The molecule has 2 aromatic heterocycles. The molecule has 0 saturated carbocycles. The van der Waals surface area contributed by atoms with E-state index in [0.717, 1.165) is 42.7 Å². The first-order valence-corrected chi connectivity index (χ1v) is 15.6. The maximum absolute atomic E-state index is 11.7. The Morgan fingerprint density at radius 1 is 0.909 bits per heavy atom. The average Bonchev–Trinajstić information content (AvgIpc) is 3.69. The molecule has 2 aliphatic heterocycles. The van der Waals surface area contributed by atoms with E-state index in [1.165, 1.54) is 39.0 Å². The number of pyridine rings is 1. The summed E-state index contributed by atoms with van der Waals surface area (Å²) in [4.78, 5) is 16.2. The van der Waals surface area contributed by atoms with Crippen LogP contribution in [-0.2, 0) is 24.9 Å². The van der Waals surface area contributed by atoms with Gasteiger partial charge >= 0.3 is 0 Å². The van der Waals surface area contributed by atoms with Crippen LogP contribution in [0.3, 0.4) is 0 Å². The van der Waals surface area contributed by atoms with Crippen LogP contribution < -0.4 is 4.74 Å². The SMILES string of the molecule is CCC(CC)C(=O)/C=C(\O)C(CC)CC.[Ir].[c-]1ccc2c(c1-c1ccccn1)OC1c3cccc4c5ccccc5n(c34)C21. The molecule has 0 aliphatic carbocycles. The first-order valence-electron chi connectivity index (χ1n) is 15.6. The van der Waals surface area contributed by atoms with Crippen LogP contribution in [0.25, 0.3) is 33.1 Å². The minimum Gasteiger partial charge on any atom is -0.526 e. The van der Waals surface area contributed by atoms with Gasteiger partial charge in [0, 0.05) is 71.8 Å². The van der Waals surface area contributed by atoms with Crippen molar-refractivity contribution in [3.05, 3.63) is 108 Å². The Bertz CT molecular complexity index is 1800. The van der Waals surface area contributed by atoms with Crippen LogP contribution in [0.1, 0.15) is 76.7 Å². The molecule has 1 N–H and O–H groups in total. The van der Waals surface area contributed by atoms with Gasteiger partial charge < -0.3 is 19.4 Å². The topological polar surface area (TPSA) is 64.3 Å². The minimum atomic E-state index is -0.00318. The van der Waals surface area contributed by atoms with Crippen LogP contribution in [0.5, 0.6) is 5.75 Å². The van der Waals surface area contributed by atoms with E-state index in [0.29, 0.717) is 0 Å². The summed E-state index contributed by atoms with van der Waals surface area (Å²) < 4.78 is 9.08. The van der Waals surface area contributed by atoms with Crippen molar-refractivity contribution >= 4 is 27.6 Å². The number of rotatable bonds is 8. The Hall–Kier alpha value is -3.73. The number of ketones is 1. The fraction of sp³-hybridized carbons (Fsp3) is 0.316. The predicted octanol–water partition coefficient (Wildman–Crippen LogP) is 9.56. The van der Waals surface area contributed by atoms with Crippen molar-refractivity contribution in [1.82, 2.24) is 9.55 Å². The second kappa shape index (κ2) is 13.5. The Morgan fingerprint density at radius 2 is 1.61 bits per heavy atom. The van der Waals surface area contributed by atoms with Gasteiger partial charge in [-0.25, -0.2) is 0 Å². The van der Waals surface area contributed by atoms with Gasteiger partial charge in [-0.05, 0) is 43.5 Å². The van der Waals surface area contributed by atoms with Crippen molar-refractivity contribution in [1.29, 1.82) is 0 Å². The van der Waals surface area contributed by atoms with Crippen molar-refractivity contribution in [2.45, 2.75) is 65.5 Å². The summed E-state index contributed by atoms with van der Waals surface area (Å²) in [6.07, 6.45) is 6.72. The molecule has 1 radical (unpaired) electrons. The summed E-state index contributed by atoms with van der Waals surface area (Å²) in [5.41, 5.74) is 6.88. The molecule has 2 atom stereocenters. The predicted molar refractivity (Wildman–Crippen MR) is 173 cm³/mol. The Labute approximate surface area is 273 Å². The third-order valence-electron chi connectivity index (χ3n) is 9.18. The number of benzene rings is 3. The summed E-state index contributed by atoms with van der Waals surface area (Å²) in [5, 5.41) is 12.4. The molecule has 5 nitrogen and oxygen atoms in total. The van der Waals surface area contributed by atoms with Gasteiger partial charge in [0.05, 0.1) is 17.3 Å². The Morgan fingerprint density at radius 3 is 2.32 bits per heavy atom. The molecule has 4 heterocycles. The fourth-order valence-electron chi connectivity index (χ4n) is 6.80. The minimum absolute atomic E-state index is 0. The number of carbonyl (C=O) groups excluding carboxylic acids is 1. The third kappa shape index (κ3) is 5.39. The largest absolute Gasteiger partial charge is 0.526 e. The number of hydrogen-bond acceptors (Lipinski definition) is 4. The number of aromatic nitrogens is 2. The molecule has 3 aromatic carbocycles. The van der Waals surface area contributed by atoms with Crippen LogP contribution in [0.4, 0.5) is 0 Å². The first kappa shape index (κ1) is 31.7. The Balaban J connectivity index is 0.000000209. The smallest absolute Gasteiger partial charge is 0.162 e. The number of para-hydroxylation sites is 2. The number of carbonyl (C=O) groups is 1. The van der Waals surface area contributed by atoms with Crippen LogP contribution >= 0.6 is 0 Å². The van der Waals surface area contributed by atoms with Crippen LogP contribution in [0, 0.1) is 17.9 Å².